The van der Waals surface area contributed by atoms with Gasteiger partial charge >= 0.3 is 0 Å². The number of para-hydroxylation sites is 1. The fourth-order valence-corrected chi connectivity index (χ4v) is 3.94. The molecule has 0 aliphatic carbocycles. The maximum absolute atomic E-state index is 13.2. The number of amides is 1. The molecule has 1 N–H and O–H groups in total. The first-order chi connectivity index (χ1) is 13.6. The van der Waals surface area contributed by atoms with E-state index >= 15 is 0 Å². The van der Waals surface area contributed by atoms with Gasteiger partial charge in [0.05, 0.1) is 16.8 Å². The van der Waals surface area contributed by atoms with Crippen LogP contribution in [0.25, 0.3) is 22.2 Å². The summed E-state index contributed by atoms with van der Waals surface area (Å²) < 4.78 is 0. The second-order valence-corrected chi connectivity index (χ2v) is 7.82. The topological polar surface area (TPSA) is 45.2 Å². The van der Waals surface area contributed by atoms with Crippen LogP contribution in [0, 0.1) is 0 Å². The van der Waals surface area contributed by atoms with E-state index in [4.69, 9.17) is 4.98 Å². The lowest BCUT2D eigenvalue weighted by Crippen LogP contribution is -2.46. The van der Waals surface area contributed by atoms with Crippen molar-refractivity contribution >= 4 is 16.8 Å². The van der Waals surface area contributed by atoms with E-state index in [2.05, 4.69) is 24.1 Å². The molecule has 0 unspecified atom stereocenters. The van der Waals surface area contributed by atoms with Gasteiger partial charge in [0, 0.05) is 36.1 Å². The number of pyridine rings is 1. The lowest BCUT2D eigenvalue weighted by molar-refractivity contribution is 0.0902. The summed E-state index contributed by atoms with van der Waals surface area (Å²) in [4.78, 5) is 20.4. The maximum atomic E-state index is 13.2. The van der Waals surface area contributed by atoms with Crippen molar-refractivity contribution in [2.24, 2.45) is 0 Å². The zero-order valence-electron chi connectivity index (χ0n) is 16.6. The van der Waals surface area contributed by atoms with Crippen molar-refractivity contribution in [1.29, 1.82) is 0 Å². The van der Waals surface area contributed by atoms with Crippen LogP contribution < -0.4 is 5.32 Å². The smallest absolute Gasteiger partial charge is 0.252 e. The molecule has 0 saturated carbocycles. The van der Waals surface area contributed by atoms with Crippen LogP contribution in [0.1, 0.15) is 37.0 Å². The van der Waals surface area contributed by atoms with E-state index in [1.165, 1.54) is 0 Å². The fourth-order valence-electron chi connectivity index (χ4n) is 3.94. The van der Waals surface area contributed by atoms with E-state index in [-0.39, 0.29) is 11.9 Å². The number of hydrogen-bond donors (Lipinski definition) is 1. The predicted octanol–water partition coefficient (Wildman–Crippen LogP) is 4.50. The van der Waals surface area contributed by atoms with Crippen molar-refractivity contribution in [2.45, 2.75) is 38.8 Å². The van der Waals surface area contributed by atoms with Gasteiger partial charge in [0.2, 0.25) is 0 Å². The molecule has 0 radical (unpaired) electrons. The van der Waals surface area contributed by atoms with Crippen LogP contribution in [-0.4, -0.2) is 41.0 Å². The molecule has 4 nitrogen and oxygen atoms in total. The summed E-state index contributed by atoms with van der Waals surface area (Å²) >= 11 is 0. The van der Waals surface area contributed by atoms with Crippen LogP contribution in [0.2, 0.25) is 0 Å². The van der Waals surface area contributed by atoms with Crippen molar-refractivity contribution in [3.05, 3.63) is 66.2 Å². The highest BCUT2D eigenvalue weighted by molar-refractivity contribution is 6.07. The zero-order valence-corrected chi connectivity index (χ0v) is 16.6. The van der Waals surface area contributed by atoms with Crippen molar-refractivity contribution in [2.75, 3.05) is 13.1 Å². The van der Waals surface area contributed by atoms with Crippen molar-refractivity contribution in [3.8, 4) is 11.3 Å². The van der Waals surface area contributed by atoms with E-state index in [1.54, 1.807) is 0 Å². The molecule has 1 aromatic heterocycles. The van der Waals surface area contributed by atoms with Crippen molar-refractivity contribution in [1.82, 2.24) is 15.2 Å². The third-order valence-corrected chi connectivity index (χ3v) is 5.63. The number of rotatable bonds is 4. The van der Waals surface area contributed by atoms with E-state index in [1.807, 2.05) is 60.7 Å². The van der Waals surface area contributed by atoms with Gasteiger partial charge in [-0.25, -0.2) is 4.98 Å². The molecule has 2 aromatic carbocycles. The molecule has 4 heteroatoms. The minimum Gasteiger partial charge on any atom is -0.349 e. The molecule has 144 valence electrons. The predicted molar refractivity (Wildman–Crippen MR) is 114 cm³/mol. The Labute approximate surface area is 166 Å². The minimum absolute atomic E-state index is 0.00113. The Hall–Kier alpha value is -2.72. The Morgan fingerprint density at radius 1 is 1.04 bits per heavy atom. The lowest BCUT2D eigenvalue weighted by Gasteiger charge is -2.34. The Balaban J connectivity index is 1.61. The summed E-state index contributed by atoms with van der Waals surface area (Å²) in [7, 11) is 0. The molecule has 1 fully saturated rings. The average Bonchev–Trinajstić information content (AvgIpc) is 2.74. The normalized spacial score (nSPS) is 15.8. The molecule has 1 amide bonds. The molecule has 0 bridgehead atoms. The van der Waals surface area contributed by atoms with E-state index < -0.39 is 0 Å². The highest BCUT2D eigenvalue weighted by atomic mass is 16.1. The quantitative estimate of drug-likeness (QED) is 0.732. The number of piperidine rings is 1. The maximum Gasteiger partial charge on any atom is 0.252 e. The number of likely N-dealkylation sites (tertiary alicyclic amines) is 1. The minimum atomic E-state index is -0.00113. The van der Waals surface area contributed by atoms with Gasteiger partial charge in [0.15, 0.2) is 0 Å². The molecular weight excluding hydrogens is 346 g/mol. The van der Waals surface area contributed by atoms with Gasteiger partial charge in [-0.15, -0.1) is 0 Å². The molecule has 3 aromatic rings. The van der Waals surface area contributed by atoms with Crippen LogP contribution in [0.4, 0.5) is 0 Å². The van der Waals surface area contributed by atoms with Gasteiger partial charge in [-0.1, -0.05) is 48.5 Å². The third kappa shape index (κ3) is 3.92. The molecule has 2 heterocycles. The summed E-state index contributed by atoms with van der Waals surface area (Å²) in [6.07, 6.45) is 2.00. The first-order valence-electron chi connectivity index (χ1n) is 10.1. The average molecular weight is 374 g/mol. The Morgan fingerprint density at radius 3 is 2.43 bits per heavy atom. The van der Waals surface area contributed by atoms with E-state index in [9.17, 15) is 4.79 Å². The molecule has 1 aliphatic heterocycles. The molecule has 0 atom stereocenters. The Kier molecular flexibility index (Phi) is 5.40. The Morgan fingerprint density at radius 2 is 1.71 bits per heavy atom. The number of nitrogens with one attached hydrogen (secondary N) is 1. The summed E-state index contributed by atoms with van der Waals surface area (Å²) in [5.41, 5.74) is 3.41. The van der Waals surface area contributed by atoms with Crippen LogP contribution >= 0.6 is 0 Å². The molecular formula is C24H27N3O. The number of carbonyl (C=O) groups excluding carboxylic acids is 1. The first-order valence-corrected chi connectivity index (χ1v) is 10.1. The number of hydrogen-bond acceptors (Lipinski definition) is 3. The number of aromatic nitrogens is 1. The number of nitrogens with zero attached hydrogens (tertiary/aromatic N) is 2. The monoisotopic (exact) mass is 373 g/mol. The van der Waals surface area contributed by atoms with Gasteiger partial charge in [-0.05, 0) is 38.8 Å². The van der Waals surface area contributed by atoms with Gasteiger partial charge in [0.25, 0.3) is 5.91 Å². The van der Waals surface area contributed by atoms with Crippen molar-refractivity contribution in [3.63, 3.8) is 0 Å². The molecule has 4 rings (SSSR count). The zero-order chi connectivity index (χ0) is 19.5. The number of carbonyl (C=O) groups is 1. The lowest BCUT2D eigenvalue weighted by atomic mass is 10.0. The van der Waals surface area contributed by atoms with Crippen LogP contribution in [0.15, 0.2) is 60.7 Å². The second kappa shape index (κ2) is 8.11. The highest BCUT2D eigenvalue weighted by Crippen LogP contribution is 2.25. The largest absolute Gasteiger partial charge is 0.349 e. The standard InChI is InChI=1S/C24H27N3O/c1-17(2)27-14-12-19(13-15-27)25-24(28)21-16-23(18-8-4-3-5-9-18)26-22-11-7-6-10-20(21)22/h3-11,16-17,19H,12-15H2,1-2H3,(H,25,28). The summed E-state index contributed by atoms with van der Waals surface area (Å²) in [5.74, 6) is -0.00113. The van der Waals surface area contributed by atoms with Crippen molar-refractivity contribution < 1.29 is 4.79 Å². The first kappa shape index (κ1) is 18.6. The van der Waals surface area contributed by atoms with Gasteiger partial charge < -0.3 is 10.2 Å². The summed E-state index contributed by atoms with van der Waals surface area (Å²) in [6, 6.07) is 20.6. The van der Waals surface area contributed by atoms with Gasteiger partial charge in [-0.2, -0.15) is 0 Å². The van der Waals surface area contributed by atoms with Crippen LogP contribution in [0.3, 0.4) is 0 Å². The van der Waals surface area contributed by atoms with E-state index in [0.29, 0.717) is 11.6 Å². The van der Waals surface area contributed by atoms with Gasteiger partial charge in [0.1, 0.15) is 0 Å². The van der Waals surface area contributed by atoms with Crippen LogP contribution in [0.5, 0.6) is 0 Å². The van der Waals surface area contributed by atoms with E-state index in [0.717, 1.165) is 48.1 Å². The van der Waals surface area contributed by atoms with Crippen LogP contribution in [-0.2, 0) is 0 Å². The summed E-state index contributed by atoms with van der Waals surface area (Å²) in [6.45, 7) is 6.53. The third-order valence-electron chi connectivity index (χ3n) is 5.63. The summed E-state index contributed by atoms with van der Waals surface area (Å²) in [5, 5.41) is 4.17. The number of fused-ring (bicyclic) bond motifs is 1. The molecule has 28 heavy (non-hydrogen) atoms. The molecule has 1 aliphatic rings. The fraction of sp³-hybridized carbons (Fsp3) is 0.333. The highest BCUT2D eigenvalue weighted by Gasteiger charge is 2.23. The molecule has 1 saturated heterocycles. The number of benzene rings is 2. The van der Waals surface area contributed by atoms with Gasteiger partial charge in [-0.3, -0.25) is 4.79 Å². The SMILES string of the molecule is CC(C)N1CCC(NC(=O)c2cc(-c3ccccc3)nc3ccccc23)CC1. The second-order valence-electron chi connectivity index (χ2n) is 7.82. The Bertz CT molecular complexity index is 960. The molecule has 0 spiro atoms.